The van der Waals surface area contributed by atoms with Crippen LogP contribution in [0.25, 0.3) is 44.7 Å². The van der Waals surface area contributed by atoms with Gasteiger partial charge in [-0.1, -0.05) is 32.0 Å². The van der Waals surface area contributed by atoms with Gasteiger partial charge >= 0.3 is 12.2 Å². The van der Waals surface area contributed by atoms with Gasteiger partial charge in [0.1, 0.15) is 29.7 Å². The van der Waals surface area contributed by atoms with E-state index in [9.17, 15) is 19.5 Å². The minimum absolute atomic E-state index is 0.0467. The normalized spacial score (nSPS) is 20.0. The van der Waals surface area contributed by atoms with Crippen molar-refractivity contribution < 1.29 is 38.1 Å². The highest BCUT2D eigenvalue weighted by Crippen LogP contribution is 2.37. The van der Waals surface area contributed by atoms with Crippen molar-refractivity contribution in [2.24, 2.45) is 11.8 Å². The molecule has 5 atom stereocenters. The number of carbonyl (C=O) groups is 3. The molecule has 17 heteroatoms. The Kier molecular flexibility index (Phi) is 12.8. The maximum atomic E-state index is 15.8. The summed E-state index contributed by atoms with van der Waals surface area (Å²) in [5, 5.41) is 18.1. The zero-order valence-corrected chi connectivity index (χ0v) is 35.4. The number of benzene rings is 2. The largest absolute Gasteiger partial charge is 0.453 e. The smallest absolute Gasteiger partial charge is 0.407 e. The first-order chi connectivity index (χ1) is 30.0. The van der Waals surface area contributed by atoms with E-state index in [2.05, 4.69) is 25.6 Å². The van der Waals surface area contributed by atoms with Gasteiger partial charge in [-0.25, -0.2) is 28.9 Å². The van der Waals surface area contributed by atoms with Gasteiger partial charge in [-0.2, -0.15) is 0 Å². The number of methoxy groups -OCH3 is 2. The fourth-order valence-electron chi connectivity index (χ4n) is 9.15. The van der Waals surface area contributed by atoms with Crippen LogP contribution >= 0.6 is 0 Å². The van der Waals surface area contributed by atoms with Crippen molar-refractivity contribution in [1.29, 1.82) is 0 Å². The van der Waals surface area contributed by atoms with Crippen LogP contribution in [0.15, 0.2) is 60.9 Å². The number of amides is 3. The highest BCUT2D eigenvalue weighted by atomic mass is 19.1. The minimum Gasteiger partial charge on any atom is -0.453 e. The summed E-state index contributed by atoms with van der Waals surface area (Å²) in [6.07, 6.45) is 5.80. The lowest BCUT2D eigenvalue weighted by atomic mass is 9.90. The van der Waals surface area contributed by atoms with E-state index >= 15 is 4.39 Å². The lowest BCUT2D eigenvalue weighted by molar-refractivity contribution is -0.135. The van der Waals surface area contributed by atoms with Gasteiger partial charge < -0.3 is 44.8 Å². The second-order valence-corrected chi connectivity index (χ2v) is 16.6. The number of hydrogen-bond donors (Lipinski definition) is 5. The average molecular weight is 852 g/mol. The Bertz CT molecular complexity index is 2400. The number of alkyl carbamates (subject to hydrolysis) is 2. The Balaban J connectivity index is 0.952. The van der Waals surface area contributed by atoms with Gasteiger partial charge in [0.05, 0.1) is 67.3 Å². The van der Waals surface area contributed by atoms with Crippen LogP contribution in [0.2, 0.25) is 0 Å². The van der Waals surface area contributed by atoms with Crippen molar-refractivity contribution in [2.75, 3.05) is 40.5 Å². The predicted octanol–water partition coefficient (Wildman–Crippen LogP) is 6.47. The summed E-state index contributed by atoms with van der Waals surface area (Å²) in [5.41, 5.74) is 4.55. The Morgan fingerprint density at radius 1 is 0.839 bits per heavy atom. The Morgan fingerprint density at radius 3 is 2.26 bits per heavy atom. The number of aromatic nitrogens is 5. The highest BCUT2D eigenvalue weighted by Gasteiger charge is 2.41. The molecular formula is C45H54FN9O7. The van der Waals surface area contributed by atoms with E-state index in [-0.39, 0.29) is 29.8 Å². The molecule has 0 aliphatic carbocycles. The number of aromatic amines is 2. The van der Waals surface area contributed by atoms with Crippen molar-refractivity contribution in [3.63, 3.8) is 0 Å². The van der Waals surface area contributed by atoms with Crippen LogP contribution in [0.1, 0.15) is 76.1 Å². The number of aliphatic hydroxyl groups is 1. The maximum Gasteiger partial charge on any atom is 0.407 e. The molecule has 3 aromatic heterocycles. The van der Waals surface area contributed by atoms with Crippen molar-refractivity contribution in [2.45, 2.75) is 82.8 Å². The van der Waals surface area contributed by atoms with E-state index in [4.69, 9.17) is 24.2 Å². The molecule has 5 N–H and O–H groups in total. The number of H-pyrrole nitrogens is 2. The third-order valence-corrected chi connectivity index (χ3v) is 12.5. The molecule has 3 amide bonds. The van der Waals surface area contributed by atoms with Gasteiger partial charge in [0.2, 0.25) is 5.91 Å². The third kappa shape index (κ3) is 8.87. The van der Waals surface area contributed by atoms with E-state index in [1.165, 1.54) is 20.3 Å². The molecule has 3 aliphatic rings. The molecule has 16 nitrogen and oxygen atoms in total. The number of likely N-dealkylation sites (tertiary alicyclic amines) is 2. The quantitative estimate of drug-likeness (QED) is 0.0922. The number of hydrogen-bond acceptors (Lipinski definition) is 11. The molecule has 8 rings (SSSR count). The molecule has 1 unspecified atom stereocenters. The van der Waals surface area contributed by atoms with E-state index in [1.54, 1.807) is 23.4 Å². The predicted molar refractivity (Wildman–Crippen MR) is 228 cm³/mol. The summed E-state index contributed by atoms with van der Waals surface area (Å²) in [6, 6.07) is 13.0. The van der Waals surface area contributed by atoms with Gasteiger partial charge in [-0.15, -0.1) is 0 Å². The molecule has 0 bridgehead atoms. The fourth-order valence-corrected chi connectivity index (χ4v) is 9.15. The van der Waals surface area contributed by atoms with Gasteiger partial charge in [0, 0.05) is 48.4 Å². The molecule has 5 aromatic rings. The number of nitrogens with one attached hydrogen (secondary N) is 4. The SMILES string of the molecule is COC(=O)N[C@@H](C1CCOCC1)C(O)N1CCC[C@H]1c1ncc(-c2ccc3nc(-c4ccc(-c5cnc([C@@H]6CCCN6C(=O)[C@@H](NC(=O)OC)C(C)C)[nH]5)c(F)c4)ccc3c2)[nH]1. The Hall–Kier alpha value is -5.91. The number of carbonyl (C=O) groups excluding carboxylic acids is 3. The second kappa shape index (κ2) is 18.6. The lowest BCUT2D eigenvalue weighted by Crippen LogP contribution is -2.56. The number of rotatable bonds is 12. The Labute approximate surface area is 359 Å². The van der Waals surface area contributed by atoms with Crippen LogP contribution < -0.4 is 10.6 Å². The molecule has 3 fully saturated rings. The number of imidazole rings is 2. The molecule has 6 heterocycles. The van der Waals surface area contributed by atoms with Crippen molar-refractivity contribution >= 4 is 29.0 Å². The van der Waals surface area contributed by atoms with Crippen LogP contribution in [-0.2, 0) is 19.0 Å². The topological polar surface area (TPSA) is 200 Å². The van der Waals surface area contributed by atoms with Gasteiger partial charge in [0.15, 0.2) is 0 Å². The molecule has 2 aromatic carbocycles. The van der Waals surface area contributed by atoms with Crippen LogP contribution in [0, 0.1) is 17.7 Å². The van der Waals surface area contributed by atoms with Crippen LogP contribution in [0.3, 0.4) is 0 Å². The first-order valence-corrected chi connectivity index (χ1v) is 21.3. The number of halogens is 1. The first-order valence-electron chi connectivity index (χ1n) is 21.3. The zero-order valence-electron chi connectivity index (χ0n) is 35.4. The second-order valence-electron chi connectivity index (χ2n) is 16.6. The van der Waals surface area contributed by atoms with Crippen molar-refractivity contribution in [3.05, 3.63) is 78.4 Å². The lowest BCUT2D eigenvalue weighted by Gasteiger charge is -2.39. The summed E-state index contributed by atoms with van der Waals surface area (Å²) in [6.45, 7) is 6.06. The Morgan fingerprint density at radius 2 is 1.52 bits per heavy atom. The number of fused-ring (bicyclic) bond motifs is 1. The first kappa shape index (κ1) is 42.8. The molecule has 0 spiro atoms. The van der Waals surface area contributed by atoms with Gasteiger partial charge in [-0.05, 0) is 80.7 Å². The van der Waals surface area contributed by atoms with Crippen LogP contribution in [-0.4, -0.2) is 117 Å². The monoisotopic (exact) mass is 851 g/mol. The molecular weight excluding hydrogens is 798 g/mol. The molecule has 0 saturated carbocycles. The number of nitrogens with zero attached hydrogens (tertiary/aromatic N) is 5. The summed E-state index contributed by atoms with van der Waals surface area (Å²) < 4.78 is 31.0. The average Bonchev–Trinajstić information content (AvgIpc) is 4.14. The van der Waals surface area contributed by atoms with Gasteiger partial charge in [-0.3, -0.25) is 9.69 Å². The summed E-state index contributed by atoms with van der Waals surface area (Å²) in [5.74, 6) is 0.523. The zero-order chi connectivity index (χ0) is 43.5. The number of ether oxygens (including phenoxy) is 3. The standard InChI is InChI=1S/C45H54FN9O7/c1-25(2)38(52-44(58)60-3)42(56)54-17-5-8-37(54)41-48-24-35(51-41)30-12-9-29(22-31(30)46)33-13-10-27-21-28(11-14-32(27)49-33)34-23-47-40(50-34)36-7-6-18-55(36)43(57)39(53-45(59)61-4)26-15-19-62-20-16-26/h9-14,21-26,36-39,43,57H,5-8,15-20H2,1-4H3,(H,47,50)(H,48,51)(H,52,58)(H,53,59)/t36-,37-,38-,39-,43?/m0/s1. The summed E-state index contributed by atoms with van der Waals surface area (Å²) in [4.78, 5) is 62.5. The molecule has 62 heavy (non-hydrogen) atoms. The molecule has 3 aliphatic heterocycles. The van der Waals surface area contributed by atoms with Crippen molar-refractivity contribution in [3.8, 4) is 33.8 Å². The summed E-state index contributed by atoms with van der Waals surface area (Å²) >= 11 is 0. The third-order valence-electron chi connectivity index (χ3n) is 12.5. The maximum absolute atomic E-state index is 15.8. The van der Waals surface area contributed by atoms with E-state index < -0.39 is 36.3 Å². The molecule has 328 valence electrons. The van der Waals surface area contributed by atoms with E-state index in [0.29, 0.717) is 61.1 Å². The number of aliphatic hydroxyl groups excluding tert-OH is 1. The van der Waals surface area contributed by atoms with Gasteiger partial charge in [0.25, 0.3) is 0 Å². The van der Waals surface area contributed by atoms with E-state index in [0.717, 1.165) is 60.1 Å². The van der Waals surface area contributed by atoms with Crippen molar-refractivity contribution in [1.82, 2.24) is 45.4 Å². The molecule has 0 radical (unpaired) electrons. The van der Waals surface area contributed by atoms with Crippen LogP contribution in [0.4, 0.5) is 14.0 Å². The summed E-state index contributed by atoms with van der Waals surface area (Å²) in [7, 11) is 2.58. The minimum atomic E-state index is -0.934. The van der Waals surface area contributed by atoms with Crippen LogP contribution in [0.5, 0.6) is 0 Å². The van der Waals surface area contributed by atoms with E-state index in [1.807, 2.05) is 55.1 Å². The fraction of sp³-hybridized carbons (Fsp3) is 0.467. The highest BCUT2D eigenvalue weighted by molar-refractivity contribution is 5.87. The number of pyridine rings is 1. The molecule has 3 saturated heterocycles.